The predicted molar refractivity (Wildman–Crippen MR) is 108 cm³/mol. The fourth-order valence-electron chi connectivity index (χ4n) is 3.09. The van der Waals surface area contributed by atoms with E-state index in [2.05, 4.69) is 5.32 Å². The summed E-state index contributed by atoms with van der Waals surface area (Å²) in [5.74, 6) is -1.20. The summed E-state index contributed by atoms with van der Waals surface area (Å²) in [5, 5.41) is 14.4. The van der Waals surface area contributed by atoms with Gasteiger partial charge in [-0.15, -0.1) is 0 Å². The number of ether oxygens (including phenoxy) is 3. The van der Waals surface area contributed by atoms with E-state index >= 15 is 0 Å². The molecule has 2 rings (SSSR count). The summed E-state index contributed by atoms with van der Waals surface area (Å²) in [4.78, 5) is 25.6. The van der Waals surface area contributed by atoms with E-state index < -0.39 is 22.3 Å². The summed E-state index contributed by atoms with van der Waals surface area (Å²) in [6.07, 6.45) is 0. The molecule has 0 aromatic heterocycles. The van der Waals surface area contributed by atoms with Crippen LogP contribution in [-0.4, -0.2) is 57.7 Å². The van der Waals surface area contributed by atoms with Gasteiger partial charge < -0.3 is 24.4 Å². The van der Waals surface area contributed by atoms with E-state index in [9.17, 15) is 19.3 Å². The Kier molecular flexibility index (Phi) is 7.54. The summed E-state index contributed by atoms with van der Waals surface area (Å²) in [7, 11) is 7.45. The monoisotopic (exact) mass is 421 g/mol. The average Bonchev–Trinajstić information content (AvgIpc) is 2.71. The molecule has 0 aliphatic rings. The third-order valence-electron chi connectivity index (χ3n) is 4.54. The van der Waals surface area contributed by atoms with Crippen LogP contribution in [0.1, 0.15) is 22.0 Å². The van der Waals surface area contributed by atoms with Crippen molar-refractivity contribution in [1.29, 1.82) is 0 Å². The largest absolute Gasteiger partial charge is 0.493 e. The van der Waals surface area contributed by atoms with Crippen molar-refractivity contribution < 1.29 is 28.3 Å². The van der Waals surface area contributed by atoms with Gasteiger partial charge in [0, 0.05) is 12.6 Å². The zero-order valence-electron chi connectivity index (χ0n) is 17.4. The highest BCUT2D eigenvalue weighted by molar-refractivity contribution is 6.00. The van der Waals surface area contributed by atoms with Gasteiger partial charge in [-0.2, -0.15) is 0 Å². The number of rotatable bonds is 9. The molecule has 10 heteroatoms. The van der Waals surface area contributed by atoms with Crippen LogP contribution in [0.25, 0.3) is 0 Å². The first-order chi connectivity index (χ1) is 14.2. The van der Waals surface area contributed by atoms with Crippen LogP contribution in [0.15, 0.2) is 30.3 Å². The Morgan fingerprint density at radius 2 is 1.83 bits per heavy atom. The Morgan fingerprint density at radius 3 is 2.33 bits per heavy atom. The summed E-state index contributed by atoms with van der Waals surface area (Å²) in [6.45, 7) is 0.0864. The number of nitro benzene ring substituents is 1. The number of nitrogens with one attached hydrogen (secondary N) is 1. The van der Waals surface area contributed by atoms with E-state index in [1.54, 1.807) is 31.1 Å². The van der Waals surface area contributed by atoms with Crippen molar-refractivity contribution in [2.45, 2.75) is 6.04 Å². The minimum atomic E-state index is -0.717. The Morgan fingerprint density at radius 1 is 1.17 bits per heavy atom. The third-order valence-corrected chi connectivity index (χ3v) is 4.54. The number of likely N-dealkylation sites (N-methyl/N-ethyl adjacent to an activating group) is 1. The molecule has 0 heterocycles. The maximum atomic E-state index is 13.6. The minimum Gasteiger partial charge on any atom is -0.493 e. The van der Waals surface area contributed by atoms with Crippen LogP contribution in [0, 0.1) is 15.9 Å². The quantitative estimate of drug-likeness (QED) is 0.490. The number of hydrogen-bond donors (Lipinski definition) is 1. The molecule has 0 bridgehead atoms. The molecule has 9 nitrogen and oxygen atoms in total. The molecule has 0 spiro atoms. The lowest BCUT2D eigenvalue weighted by atomic mass is 10.0. The number of carbonyl (C=O) groups excluding carboxylic acids is 1. The van der Waals surface area contributed by atoms with Gasteiger partial charge in [-0.1, -0.05) is 12.1 Å². The van der Waals surface area contributed by atoms with Gasteiger partial charge in [0.05, 0.1) is 32.3 Å². The lowest BCUT2D eigenvalue weighted by molar-refractivity contribution is -0.386. The van der Waals surface area contributed by atoms with Crippen molar-refractivity contribution in [1.82, 2.24) is 10.2 Å². The minimum absolute atomic E-state index is 0.00850. The topological polar surface area (TPSA) is 103 Å². The number of amides is 1. The second-order valence-electron chi connectivity index (χ2n) is 6.54. The Labute approximate surface area is 173 Å². The van der Waals surface area contributed by atoms with Crippen molar-refractivity contribution in [2.24, 2.45) is 0 Å². The maximum absolute atomic E-state index is 13.6. The first kappa shape index (κ1) is 22.9. The van der Waals surface area contributed by atoms with Crippen LogP contribution >= 0.6 is 0 Å². The molecule has 0 fully saturated rings. The average molecular weight is 421 g/mol. The number of halogens is 1. The van der Waals surface area contributed by atoms with Gasteiger partial charge in [-0.25, -0.2) is 4.39 Å². The predicted octanol–water partition coefficient (Wildman–Crippen LogP) is 2.79. The molecule has 0 aliphatic carbocycles. The van der Waals surface area contributed by atoms with Crippen molar-refractivity contribution in [3.8, 4) is 17.2 Å². The van der Waals surface area contributed by atoms with E-state index in [4.69, 9.17) is 14.2 Å². The van der Waals surface area contributed by atoms with E-state index in [0.717, 1.165) is 0 Å². The molecule has 0 saturated heterocycles. The normalized spacial score (nSPS) is 11.7. The number of nitro groups is 1. The van der Waals surface area contributed by atoms with Crippen LogP contribution in [-0.2, 0) is 0 Å². The van der Waals surface area contributed by atoms with Crippen LogP contribution in [0.5, 0.6) is 17.2 Å². The standard InChI is InChI=1S/C20H24FN3O6/c1-23(2)15(12-7-6-8-13(21)9-12)11-22-20(25)14-10-16(28-3)18(29-4)19(30-5)17(14)24(26)27/h6-10,15H,11H2,1-5H3,(H,22,25). The molecular weight excluding hydrogens is 397 g/mol. The molecule has 1 atom stereocenters. The van der Waals surface area contributed by atoms with Crippen LogP contribution < -0.4 is 19.5 Å². The summed E-state index contributed by atoms with van der Waals surface area (Å²) in [6, 6.07) is 6.88. The first-order valence-corrected chi connectivity index (χ1v) is 8.92. The van der Waals surface area contributed by atoms with Gasteiger partial charge in [-0.05, 0) is 31.8 Å². The van der Waals surface area contributed by atoms with Crippen LogP contribution in [0.2, 0.25) is 0 Å². The number of methoxy groups -OCH3 is 3. The maximum Gasteiger partial charge on any atom is 0.327 e. The lowest BCUT2D eigenvalue weighted by Gasteiger charge is -2.25. The summed E-state index contributed by atoms with van der Waals surface area (Å²) >= 11 is 0. The summed E-state index contributed by atoms with van der Waals surface area (Å²) in [5.41, 5.74) is -0.134. The van der Waals surface area contributed by atoms with Crippen molar-refractivity contribution in [2.75, 3.05) is 42.0 Å². The number of carbonyl (C=O) groups is 1. The van der Waals surface area contributed by atoms with E-state index in [0.29, 0.717) is 5.56 Å². The zero-order valence-corrected chi connectivity index (χ0v) is 17.4. The Bertz CT molecular complexity index is 935. The zero-order chi connectivity index (χ0) is 22.4. The number of hydrogen-bond acceptors (Lipinski definition) is 7. The van der Waals surface area contributed by atoms with Gasteiger partial charge in [0.15, 0.2) is 5.75 Å². The van der Waals surface area contributed by atoms with E-state index in [1.165, 1.54) is 39.5 Å². The van der Waals surface area contributed by atoms with Gasteiger partial charge in [0.25, 0.3) is 5.91 Å². The fraction of sp³-hybridized carbons (Fsp3) is 0.350. The molecule has 1 unspecified atom stereocenters. The Hall–Kier alpha value is -3.40. The molecule has 2 aromatic carbocycles. The van der Waals surface area contributed by atoms with Crippen molar-refractivity contribution in [3.05, 3.63) is 57.4 Å². The highest BCUT2D eigenvalue weighted by Crippen LogP contribution is 2.46. The smallest absolute Gasteiger partial charge is 0.327 e. The van der Waals surface area contributed by atoms with Gasteiger partial charge in [0.2, 0.25) is 11.5 Å². The molecule has 1 N–H and O–H groups in total. The second kappa shape index (κ2) is 9.88. The van der Waals surface area contributed by atoms with Crippen LogP contribution in [0.4, 0.5) is 10.1 Å². The van der Waals surface area contributed by atoms with Crippen molar-refractivity contribution >= 4 is 11.6 Å². The highest BCUT2D eigenvalue weighted by atomic mass is 19.1. The van der Waals surface area contributed by atoms with Gasteiger partial charge in [-0.3, -0.25) is 14.9 Å². The molecule has 162 valence electrons. The molecule has 0 radical (unpaired) electrons. The second-order valence-corrected chi connectivity index (χ2v) is 6.54. The molecule has 0 saturated carbocycles. The Balaban J connectivity index is 2.41. The van der Waals surface area contributed by atoms with E-state index in [1.807, 2.05) is 0 Å². The van der Waals surface area contributed by atoms with Crippen LogP contribution in [0.3, 0.4) is 0 Å². The summed E-state index contributed by atoms with van der Waals surface area (Å²) < 4.78 is 29.1. The molecule has 1 amide bonds. The fourth-order valence-corrected chi connectivity index (χ4v) is 3.09. The van der Waals surface area contributed by atoms with E-state index in [-0.39, 0.29) is 35.4 Å². The lowest BCUT2D eigenvalue weighted by Crippen LogP contribution is -2.35. The highest BCUT2D eigenvalue weighted by Gasteiger charge is 2.32. The van der Waals surface area contributed by atoms with Crippen molar-refractivity contribution in [3.63, 3.8) is 0 Å². The molecule has 2 aromatic rings. The first-order valence-electron chi connectivity index (χ1n) is 8.92. The number of benzene rings is 2. The molecular formula is C20H24FN3O6. The SMILES string of the molecule is COc1cc(C(=O)NCC(c2cccc(F)c2)N(C)C)c([N+](=O)[O-])c(OC)c1OC. The third kappa shape index (κ3) is 4.77. The van der Waals surface area contributed by atoms with Gasteiger partial charge >= 0.3 is 5.69 Å². The van der Waals surface area contributed by atoms with Gasteiger partial charge in [0.1, 0.15) is 11.4 Å². The molecule has 30 heavy (non-hydrogen) atoms. The molecule has 0 aliphatic heterocycles. The number of nitrogens with zero attached hydrogens (tertiary/aromatic N) is 2.